The van der Waals surface area contributed by atoms with Gasteiger partial charge in [-0.2, -0.15) is 0 Å². The van der Waals surface area contributed by atoms with Crippen molar-refractivity contribution in [2.75, 3.05) is 18.1 Å². The van der Waals surface area contributed by atoms with E-state index in [9.17, 15) is 14.0 Å². The summed E-state index contributed by atoms with van der Waals surface area (Å²) in [7, 11) is 1.65. The van der Waals surface area contributed by atoms with Crippen LogP contribution >= 0.6 is 0 Å². The zero-order chi connectivity index (χ0) is 28.5. The van der Waals surface area contributed by atoms with Crippen LogP contribution in [0.25, 0.3) is 22.3 Å². The summed E-state index contributed by atoms with van der Waals surface area (Å²) in [5, 5.41) is 3.65. The molecule has 0 saturated heterocycles. The monoisotopic (exact) mass is 531 g/mol. The van der Waals surface area contributed by atoms with Gasteiger partial charge >= 0.3 is 5.97 Å². The summed E-state index contributed by atoms with van der Waals surface area (Å²) in [6.45, 7) is 8.90. The predicted molar refractivity (Wildman–Crippen MR) is 156 cm³/mol. The van der Waals surface area contributed by atoms with Crippen LogP contribution < -0.4 is 16.5 Å². The minimum atomic E-state index is -0.792. The number of benzene rings is 3. The van der Waals surface area contributed by atoms with Crippen molar-refractivity contribution in [1.82, 2.24) is 0 Å². The van der Waals surface area contributed by atoms with Gasteiger partial charge in [0, 0.05) is 43.1 Å². The molecule has 0 aliphatic rings. The quantitative estimate of drug-likeness (QED) is 0.159. The molecule has 3 N–H and O–H groups in total. The molecule has 0 aliphatic heterocycles. The van der Waals surface area contributed by atoms with E-state index in [1.54, 1.807) is 58.3 Å². The summed E-state index contributed by atoms with van der Waals surface area (Å²) in [6, 6.07) is 14.3. The Kier molecular flexibility index (Phi) is 7.58. The van der Waals surface area contributed by atoms with Crippen LogP contribution in [-0.4, -0.2) is 24.8 Å². The van der Waals surface area contributed by atoms with Crippen molar-refractivity contribution in [3.63, 3.8) is 0 Å². The third kappa shape index (κ3) is 6.00. The number of halogens is 1. The minimum Gasteiger partial charge on any atom is -0.456 e. The van der Waals surface area contributed by atoms with Gasteiger partial charge in [-0.3, -0.25) is 9.79 Å². The van der Waals surface area contributed by atoms with E-state index in [0.29, 0.717) is 39.1 Å². The van der Waals surface area contributed by atoms with Gasteiger partial charge in [0.2, 0.25) is 0 Å². The van der Waals surface area contributed by atoms with E-state index < -0.39 is 23.4 Å². The number of carbonyl (C=O) groups is 1. The summed E-state index contributed by atoms with van der Waals surface area (Å²) in [5.41, 5.74) is 8.99. The molecule has 8 heteroatoms. The molecule has 39 heavy (non-hydrogen) atoms. The van der Waals surface area contributed by atoms with Crippen LogP contribution in [-0.2, 0) is 4.74 Å². The average molecular weight is 532 g/mol. The maximum atomic E-state index is 14.8. The standard InChI is InChI=1S/C31H32FN3O4.H2/c1-17-12-21(18(2)35-25-9-7-8-23(32)28(25)30(37)39-31(3,4)5)29-22(13-17)26(36)15-27(38-29)19-10-11-24(33)20(14-19)16-34-6;/h7-16,18,35H,33H2,1-6H3;1H. The molecule has 3 aromatic carbocycles. The number of nitrogens with zero attached hydrogens (tertiary/aromatic N) is 1. The number of hydrogen-bond acceptors (Lipinski definition) is 7. The number of anilines is 2. The third-order valence-electron chi connectivity index (χ3n) is 6.10. The lowest BCUT2D eigenvalue weighted by Gasteiger charge is -2.23. The van der Waals surface area contributed by atoms with Crippen molar-refractivity contribution in [1.29, 1.82) is 0 Å². The molecule has 0 aliphatic carbocycles. The van der Waals surface area contributed by atoms with Crippen LogP contribution in [0.1, 0.15) is 62.2 Å². The van der Waals surface area contributed by atoms with Crippen molar-refractivity contribution < 1.29 is 19.8 Å². The largest absolute Gasteiger partial charge is 0.456 e. The molecule has 7 nitrogen and oxygen atoms in total. The maximum absolute atomic E-state index is 14.8. The van der Waals surface area contributed by atoms with E-state index in [4.69, 9.17) is 14.9 Å². The Labute approximate surface area is 228 Å². The first-order valence-electron chi connectivity index (χ1n) is 12.6. The van der Waals surface area contributed by atoms with Gasteiger partial charge in [0.15, 0.2) is 5.43 Å². The Morgan fingerprint density at radius 1 is 1.18 bits per heavy atom. The second kappa shape index (κ2) is 10.7. The summed E-state index contributed by atoms with van der Waals surface area (Å²) in [5.74, 6) is -1.09. The number of nitrogens with one attached hydrogen (secondary N) is 1. The first-order valence-corrected chi connectivity index (χ1v) is 12.6. The van der Waals surface area contributed by atoms with Crippen LogP contribution in [0.4, 0.5) is 15.8 Å². The molecule has 4 rings (SSSR count). The first-order chi connectivity index (χ1) is 18.4. The Balaban J connectivity index is 0.00000441. The van der Waals surface area contributed by atoms with Gasteiger partial charge in [-0.05, 0) is 76.6 Å². The van der Waals surface area contributed by atoms with E-state index in [1.807, 2.05) is 26.0 Å². The lowest BCUT2D eigenvalue weighted by atomic mass is 9.99. The molecular formula is C31H34FN3O4. The van der Waals surface area contributed by atoms with Gasteiger partial charge in [-0.1, -0.05) is 12.1 Å². The zero-order valence-corrected chi connectivity index (χ0v) is 22.9. The van der Waals surface area contributed by atoms with Gasteiger partial charge < -0.3 is 20.2 Å². The minimum absolute atomic E-state index is 0. The van der Waals surface area contributed by atoms with Gasteiger partial charge in [0.1, 0.15) is 28.3 Å². The fraction of sp³-hybridized carbons (Fsp3) is 0.258. The molecule has 0 radical (unpaired) electrons. The normalized spacial score (nSPS) is 12.6. The molecule has 0 fully saturated rings. The number of nitrogen functional groups attached to an aromatic ring is 1. The molecule has 0 amide bonds. The number of aliphatic imine (C=N–C) groups is 1. The number of carbonyl (C=O) groups excluding carboxylic acids is 1. The van der Waals surface area contributed by atoms with Crippen molar-refractivity contribution in [3.8, 4) is 11.3 Å². The van der Waals surface area contributed by atoms with Crippen LogP contribution in [0.3, 0.4) is 0 Å². The van der Waals surface area contributed by atoms with Gasteiger partial charge in [0.05, 0.1) is 17.1 Å². The Bertz CT molecular complexity index is 1660. The molecule has 4 aromatic rings. The molecule has 204 valence electrons. The number of nitrogens with two attached hydrogens (primary N) is 1. The SMILES string of the molecule is CN=Cc1cc(-c2cc(=O)c3cc(C)cc(C(C)Nc4cccc(F)c4C(=O)OC(C)(C)C)c3o2)ccc1N.[HH]. The predicted octanol–water partition coefficient (Wildman–Crippen LogP) is 6.91. The highest BCUT2D eigenvalue weighted by atomic mass is 19.1. The van der Waals surface area contributed by atoms with Crippen LogP contribution in [0, 0.1) is 12.7 Å². The zero-order valence-electron chi connectivity index (χ0n) is 22.9. The lowest BCUT2D eigenvalue weighted by molar-refractivity contribution is 0.00659. The van der Waals surface area contributed by atoms with Gasteiger partial charge in [0.25, 0.3) is 0 Å². The number of ether oxygens (including phenoxy) is 1. The third-order valence-corrected chi connectivity index (χ3v) is 6.10. The summed E-state index contributed by atoms with van der Waals surface area (Å²) in [6.07, 6.45) is 1.64. The molecule has 0 spiro atoms. The Morgan fingerprint density at radius 2 is 1.92 bits per heavy atom. The van der Waals surface area contributed by atoms with Crippen LogP contribution in [0.15, 0.2) is 68.8 Å². The van der Waals surface area contributed by atoms with Crippen molar-refractivity contribution >= 4 is 34.5 Å². The van der Waals surface area contributed by atoms with Crippen molar-refractivity contribution in [2.24, 2.45) is 4.99 Å². The Hall–Kier alpha value is -4.46. The second-order valence-corrected chi connectivity index (χ2v) is 10.5. The molecular weight excluding hydrogens is 497 g/mol. The van der Waals surface area contributed by atoms with E-state index >= 15 is 0 Å². The highest BCUT2D eigenvalue weighted by Gasteiger charge is 2.25. The first kappa shape index (κ1) is 27.6. The van der Waals surface area contributed by atoms with E-state index in [2.05, 4.69) is 10.3 Å². The molecule has 1 heterocycles. The average Bonchev–Trinajstić information content (AvgIpc) is 2.84. The number of hydrogen-bond donors (Lipinski definition) is 2. The summed E-state index contributed by atoms with van der Waals surface area (Å²) in [4.78, 5) is 30.1. The van der Waals surface area contributed by atoms with Crippen molar-refractivity contribution in [3.05, 3.63) is 92.9 Å². The molecule has 1 unspecified atom stereocenters. The summed E-state index contributed by atoms with van der Waals surface area (Å²) >= 11 is 0. The maximum Gasteiger partial charge on any atom is 0.343 e. The smallest absolute Gasteiger partial charge is 0.343 e. The molecule has 1 atom stereocenters. The highest BCUT2D eigenvalue weighted by molar-refractivity contribution is 5.96. The fourth-order valence-electron chi connectivity index (χ4n) is 4.37. The van der Waals surface area contributed by atoms with E-state index in [0.717, 1.165) is 5.56 Å². The highest BCUT2D eigenvalue weighted by Crippen LogP contribution is 2.33. The lowest BCUT2D eigenvalue weighted by Crippen LogP contribution is -2.25. The second-order valence-electron chi connectivity index (χ2n) is 10.5. The van der Waals surface area contributed by atoms with Crippen LogP contribution in [0.2, 0.25) is 0 Å². The molecule has 0 bridgehead atoms. The van der Waals surface area contributed by atoms with E-state index in [1.165, 1.54) is 18.2 Å². The van der Waals surface area contributed by atoms with Crippen molar-refractivity contribution in [2.45, 2.75) is 46.3 Å². The van der Waals surface area contributed by atoms with E-state index in [-0.39, 0.29) is 18.1 Å². The van der Waals surface area contributed by atoms with Gasteiger partial charge in [-0.25, -0.2) is 9.18 Å². The number of aryl methyl sites for hydroxylation is 1. The van der Waals surface area contributed by atoms with Crippen LogP contribution in [0.5, 0.6) is 0 Å². The molecule has 1 aromatic heterocycles. The number of esters is 1. The number of fused-ring (bicyclic) bond motifs is 1. The van der Waals surface area contributed by atoms with Gasteiger partial charge in [-0.15, -0.1) is 0 Å². The molecule has 0 saturated carbocycles. The topological polar surface area (TPSA) is 107 Å². The summed E-state index contributed by atoms with van der Waals surface area (Å²) < 4.78 is 26.6. The fourth-order valence-corrected chi connectivity index (χ4v) is 4.37. The Morgan fingerprint density at radius 3 is 2.62 bits per heavy atom. The number of rotatable bonds is 6.